The molecule has 0 spiro atoms. The lowest BCUT2D eigenvalue weighted by molar-refractivity contribution is 0.223. The van der Waals surface area contributed by atoms with Crippen LogP contribution in [0.3, 0.4) is 0 Å². The van der Waals surface area contributed by atoms with Gasteiger partial charge in [-0.2, -0.15) is 0 Å². The molecule has 0 aliphatic rings. The fourth-order valence-corrected chi connectivity index (χ4v) is 2.77. The summed E-state index contributed by atoms with van der Waals surface area (Å²) in [7, 11) is 0. The van der Waals surface area contributed by atoms with Crippen LogP contribution >= 0.6 is 11.3 Å². The molecule has 0 amide bonds. The Labute approximate surface area is 100 Å². The van der Waals surface area contributed by atoms with E-state index in [0.717, 1.165) is 16.0 Å². The SMILES string of the molecule is Cc1ccc([C@@H](O)c2ccc(C)s2)c(C)c1. The smallest absolute Gasteiger partial charge is 0.113 e. The van der Waals surface area contributed by atoms with Crippen molar-refractivity contribution >= 4 is 11.3 Å². The van der Waals surface area contributed by atoms with Gasteiger partial charge in [0, 0.05) is 9.75 Å². The van der Waals surface area contributed by atoms with E-state index in [1.54, 1.807) is 11.3 Å². The normalized spacial score (nSPS) is 12.8. The Kier molecular flexibility index (Phi) is 3.13. The lowest BCUT2D eigenvalue weighted by atomic mass is 10.0. The molecule has 1 N–H and O–H groups in total. The predicted molar refractivity (Wildman–Crippen MR) is 69.0 cm³/mol. The van der Waals surface area contributed by atoms with Gasteiger partial charge in [-0.1, -0.05) is 23.8 Å². The van der Waals surface area contributed by atoms with E-state index in [2.05, 4.69) is 19.9 Å². The molecule has 0 bridgehead atoms. The van der Waals surface area contributed by atoms with E-state index in [1.165, 1.54) is 10.4 Å². The zero-order valence-corrected chi connectivity index (χ0v) is 10.6. The Morgan fingerprint density at radius 2 is 1.81 bits per heavy atom. The maximum absolute atomic E-state index is 10.3. The first kappa shape index (κ1) is 11.4. The van der Waals surface area contributed by atoms with Crippen LogP contribution < -0.4 is 0 Å². The zero-order valence-electron chi connectivity index (χ0n) is 9.82. The summed E-state index contributed by atoms with van der Waals surface area (Å²) >= 11 is 1.65. The highest BCUT2D eigenvalue weighted by Crippen LogP contribution is 2.30. The molecule has 1 atom stereocenters. The monoisotopic (exact) mass is 232 g/mol. The number of thiophene rings is 1. The molecule has 84 valence electrons. The van der Waals surface area contributed by atoms with Gasteiger partial charge >= 0.3 is 0 Å². The number of rotatable bonds is 2. The van der Waals surface area contributed by atoms with Gasteiger partial charge in [-0.25, -0.2) is 0 Å². The van der Waals surface area contributed by atoms with Crippen molar-refractivity contribution in [3.05, 3.63) is 56.8 Å². The van der Waals surface area contributed by atoms with E-state index in [-0.39, 0.29) is 0 Å². The molecule has 0 fully saturated rings. The topological polar surface area (TPSA) is 20.2 Å². The van der Waals surface area contributed by atoms with E-state index in [4.69, 9.17) is 0 Å². The summed E-state index contributed by atoms with van der Waals surface area (Å²) in [5.74, 6) is 0. The highest BCUT2D eigenvalue weighted by molar-refractivity contribution is 7.12. The van der Waals surface area contributed by atoms with Crippen LogP contribution in [-0.4, -0.2) is 5.11 Å². The first-order valence-electron chi connectivity index (χ1n) is 5.39. The molecule has 0 aliphatic carbocycles. The Morgan fingerprint density at radius 3 is 2.38 bits per heavy atom. The molecule has 1 heterocycles. The van der Waals surface area contributed by atoms with Gasteiger partial charge in [-0.15, -0.1) is 11.3 Å². The summed E-state index contributed by atoms with van der Waals surface area (Å²) in [5.41, 5.74) is 3.39. The van der Waals surface area contributed by atoms with Crippen LogP contribution in [0.1, 0.15) is 32.5 Å². The highest BCUT2D eigenvalue weighted by atomic mass is 32.1. The molecule has 1 nitrogen and oxygen atoms in total. The van der Waals surface area contributed by atoms with Crippen molar-refractivity contribution in [2.75, 3.05) is 0 Å². The zero-order chi connectivity index (χ0) is 11.7. The van der Waals surface area contributed by atoms with Gasteiger partial charge in [0.1, 0.15) is 6.10 Å². The molecule has 0 unspecified atom stereocenters. The minimum Gasteiger partial charge on any atom is -0.383 e. The van der Waals surface area contributed by atoms with Crippen LogP contribution in [0, 0.1) is 20.8 Å². The summed E-state index contributed by atoms with van der Waals surface area (Å²) in [4.78, 5) is 2.25. The van der Waals surface area contributed by atoms with Crippen molar-refractivity contribution in [1.29, 1.82) is 0 Å². The fraction of sp³-hybridized carbons (Fsp3) is 0.286. The third-order valence-electron chi connectivity index (χ3n) is 2.75. The molecule has 1 aromatic heterocycles. The molecule has 0 saturated carbocycles. The van der Waals surface area contributed by atoms with Crippen LogP contribution in [0.5, 0.6) is 0 Å². The van der Waals surface area contributed by atoms with Gasteiger partial charge in [0.05, 0.1) is 0 Å². The summed E-state index contributed by atoms with van der Waals surface area (Å²) in [6.45, 7) is 6.17. The van der Waals surface area contributed by atoms with E-state index < -0.39 is 6.10 Å². The number of benzene rings is 1. The first-order valence-corrected chi connectivity index (χ1v) is 6.21. The van der Waals surface area contributed by atoms with Crippen LogP contribution in [0.15, 0.2) is 30.3 Å². The molecule has 16 heavy (non-hydrogen) atoms. The van der Waals surface area contributed by atoms with Crippen LogP contribution in [-0.2, 0) is 0 Å². The molecule has 0 saturated heterocycles. The highest BCUT2D eigenvalue weighted by Gasteiger charge is 2.14. The Bertz CT molecular complexity index is 499. The van der Waals surface area contributed by atoms with Crippen molar-refractivity contribution in [1.82, 2.24) is 0 Å². The largest absolute Gasteiger partial charge is 0.383 e. The molecule has 1 aromatic carbocycles. The molecule has 2 heteroatoms. The Hall–Kier alpha value is -1.12. The van der Waals surface area contributed by atoms with Crippen molar-refractivity contribution < 1.29 is 5.11 Å². The van der Waals surface area contributed by atoms with Crippen LogP contribution in [0.4, 0.5) is 0 Å². The maximum atomic E-state index is 10.3. The number of hydrogen-bond acceptors (Lipinski definition) is 2. The van der Waals surface area contributed by atoms with Crippen molar-refractivity contribution in [3.8, 4) is 0 Å². The van der Waals surface area contributed by atoms with Crippen LogP contribution in [0.2, 0.25) is 0 Å². The first-order chi connectivity index (χ1) is 7.58. The molecule has 2 aromatic rings. The average Bonchev–Trinajstić information content (AvgIpc) is 2.64. The standard InChI is InChI=1S/C14H16OS/c1-9-4-6-12(10(2)8-9)14(15)13-7-5-11(3)16-13/h4-8,14-15H,1-3H3/t14-/m1/s1. The average molecular weight is 232 g/mol. The second-order valence-corrected chi connectivity index (χ2v) is 5.53. The quantitative estimate of drug-likeness (QED) is 0.836. The van der Waals surface area contributed by atoms with Gasteiger partial charge in [0.2, 0.25) is 0 Å². The van der Waals surface area contributed by atoms with Crippen LogP contribution in [0.25, 0.3) is 0 Å². The van der Waals surface area contributed by atoms with Gasteiger partial charge < -0.3 is 5.11 Å². The molecular formula is C14H16OS. The maximum Gasteiger partial charge on any atom is 0.113 e. The Balaban J connectivity index is 2.37. The summed E-state index contributed by atoms with van der Waals surface area (Å²) in [6.07, 6.45) is -0.487. The second-order valence-electron chi connectivity index (χ2n) is 4.21. The van der Waals surface area contributed by atoms with Gasteiger partial charge in [0.15, 0.2) is 0 Å². The van der Waals surface area contributed by atoms with E-state index in [1.807, 2.05) is 31.2 Å². The van der Waals surface area contributed by atoms with Gasteiger partial charge in [-0.3, -0.25) is 0 Å². The number of aliphatic hydroxyl groups excluding tert-OH is 1. The lowest BCUT2D eigenvalue weighted by Gasteiger charge is -2.12. The van der Waals surface area contributed by atoms with E-state index >= 15 is 0 Å². The third kappa shape index (κ3) is 2.18. The fourth-order valence-electron chi connectivity index (χ4n) is 1.89. The van der Waals surface area contributed by atoms with E-state index in [9.17, 15) is 5.11 Å². The van der Waals surface area contributed by atoms with Crippen molar-refractivity contribution in [3.63, 3.8) is 0 Å². The number of hydrogen-bond donors (Lipinski definition) is 1. The lowest BCUT2D eigenvalue weighted by Crippen LogP contribution is -1.99. The number of aryl methyl sites for hydroxylation is 3. The van der Waals surface area contributed by atoms with E-state index in [0.29, 0.717) is 0 Å². The number of aliphatic hydroxyl groups is 1. The minimum atomic E-state index is -0.487. The predicted octanol–water partition coefficient (Wildman–Crippen LogP) is 3.76. The molecule has 0 radical (unpaired) electrons. The molecular weight excluding hydrogens is 216 g/mol. The minimum absolute atomic E-state index is 0.487. The summed E-state index contributed by atoms with van der Waals surface area (Å²) < 4.78 is 0. The second kappa shape index (κ2) is 4.40. The summed E-state index contributed by atoms with van der Waals surface area (Å²) in [6, 6.07) is 10.2. The Morgan fingerprint density at radius 1 is 1.06 bits per heavy atom. The van der Waals surface area contributed by atoms with Gasteiger partial charge in [-0.05, 0) is 44.0 Å². The molecule has 0 aliphatic heterocycles. The van der Waals surface area contributed by atoms with Gasteiger partial charge in [0.25, 0.3) is 0 Å². The van der Waals surface area contributed by atoms with Crippen molar-refractivity contribution in [2.45, 2.75) is 26.9 Å². The third-order valence-corrected chi connectivity index (χ3v) is 3.80. The van der Waals surface area contributed by atoms with Crippen molar-refractivity contribution in [2.24, 2.45) is 0 Å². The summed E-state index contributed by atoms with van der Waals surface area (Å²) in [5, 5.41) is 10.3. The molecule has 2 rings (SSSR count).